The van der Waals surface area contributed by atoms with E-state index >= 15 is 0 Å². The molecular formula is C11H20N2O. The van der Waals surface area contributed by atoms with E-state index in [0.29, 0.717) is 12.0 Å². The second-order valence-corrected chi connectivity index (χ2v) is 4.77. The maximum Gasteiger partial charge on any atom is 0.241 e. The van der Waals surface area contributed by atoms with Crippen LogP contribution in [0.5, 0.6) is 0 Å². The number of amides is 1. The maximum absolute atomic E-state index is 11.5. The Kier molecular flexibility index (Phi) is 2.52. The number of carbonyl (C=O) groups excluding carboxylic acids is 1. The Bertz CT molecular complexity index is 241. The highest BCUT2D eigenvalue weighted by atomic mass is 16.2. The number of nitrogens with two attached hydrogens (primary N) is 1. The lowest BCUT2D eigenvalue weighted by Gasteiger charge is -2.43. The maximum atomic E-state index is 11.5. The monoisotopic (exact) mass is 196 g/mol. The van der Waals surface area contributed by atoms with E-state index < -0.39 is 0 Å². The minimum absolute atomic E-state index is 0.165. The summed E-state index contributed by atoms with van der Waals surface area (Å²) in [6, 6.07) is 0.273. The van der Waals surface area contributed by atoms with Crippen LogP contribution < -0.4 is 5.73 Å². The number of carbonyl (C=O) groups is 1. The zero-order chi connectivity index (χ0) is 10.3. The zero-order valence-electron chi connectivity index (χ0n) is 9.07. The SMILES string of the molecule is CCC1CCC(N2CC(N)C2=O)C1C. The molecule has 4 atom stereocenters. The van der Waals surface area contributed by atoms with E-state index in [-0.39, 0.29) is 11.9 Å². The molecule has 3 heteroatoms. The van der Waals surface area contributed by atoms with Crippen molar-refractivity contribution in [3.05, 3.63) is 0 Å². The van der Waals surface area contributed by atoms with Crippen LogP contribution in [0, 0.1) is 11.8 Å². The van der Waals surface area contributed by atoms with Gasteiger partial charge in [0.05, 0.1) is 0 Å². The van der Waals surface area contributed by atoms with Crippen LogP contribution in [-0.2, 0) is 4.79 Å². The van der Waals surface area contributed by atoms with Crippen LogP contribution in [-0.4, -0.2) is 29.4 Å². The van der Waals surface area contributed by atoms with Gasteiger partial charge < -0.3 is 10.6 Å². The number of hydrogen-bond acceptors (Lipinski definition) is 2. The Labute approximate surface area is 85.6 Å². The molecule has 3 nitrogen and oxygen atoms in total. The molecular weight excluding hydrogens is 176 g/mol. The van der Waals surface area contributed by atoms with Gasteiger partial charge in [-0.3, -0.25) is 4.79 Å². The number of hydrogen-bond donors (Lipinski definition) is 1. The number of β-lactam (4-membered cyclic amide) rings is 1. The predicted octanol–water partition coefficient (Wildman–Crippen LogP) is 0.981. The van der Waals surface area contributed by atoms with Crippen LogP contribution in [0.25, 0.3) is 0 Å². The largest absolute Gasteiger partial charge is 0.336 e. The first-order valence-corrected chi connectivity index (χ1v) is 5.71. The van der Waals surface area contributed by atoms with Gasteiger partial charge in [0.2, 0.25) is 5.91 Å². The molecule has 0 radical (unpaired) electrons. The van der Waals surface area contributed by atoms with Crippen LogP contribution in [0.15, 0.2) is 0 Å². The summed E-state index contributed by atoms with van der Waals surface area (Å²) in [5, 5.41) is 0. The molecule has 2 N–H and O–H groups in total. The summed E-state index contributed by atoms with van der Waals surface area (Å²) in [5.74, 6) is 1.64. The summed E-state index contributed by atoms with van der Waals surface area (Å²) < 4.78 is 0. The highest BCUT2D eigenvalue weighted by Crippen LogP contribution is 2.38. The molecule has 0 bridgehead atoms. The number of nitrogens with zero attached hydrogens (tertiary/aromatic N) is 1. The van der Waals surface area contributed by atoms with Gasteiger partial charge in [0.25, 0.3) is 0 Å². The molecule has 0 spiro atoms. The molecule has 0 aromatic heterocycles. The Balaban J connectivity index is 1.97. The molecule has 1 aliphatic carbocycles. The normalized spacial score (nSPS) is 42.8. The molecule has 2 aliphatic rings. The lowest BCUT2D eigenvalue weighted by Crippen LogP contribution is -2.64. The smallest absolute Gasteiger partial charge is 0.241 e. The summed E-state index contributed by atoms with van der Waals surface area (Å²) in [4.78, 5) is 13.5. The van der Waals surface area contributed by atoms with E-state index in [2.05, 4.69) is 13.8 Å². The third-order valence-corrected chi connectivity index (χ3v) is 4.10. The fourth-order valence-electron chi connectivity index (χ4n) is 3.02. The van der Waals surface area contributed by atoms with Crippen LogP contribution in [0.3, 0.4) is 0 Å². The van der Waals surface area contributed by atoms with Crippen molar-refractivity contribution in [2.24, 2.45) is 17.6 Å². The van der Waals surface area contributed by atoms with Crippen molar-refractivity contribution in [1.29, 1.82) is 0 Å². The topological polar surface area (TPSA) is 46.3 Å². The van der Waals surface area contributed by atoms with Crippen molar-refractivity contribution < 1.29 is 4.79 Å². The van der Waals surface area contributed by atoms with Crippen LogP contribution in [0.4, 0.5) is 0 Å². The van der Waals surface area contributed by atoms with Gasteiger partial charge in [-0.25, -0.2) is 0 Å². The second-order valence-electron chi connectivity index (χ2n) is 4.77. The second kappa shape index (κ2) is 3.54. The van der Waals surface area contributed by atoms with Crippen molar-refractivity contribution in [3.63, 3.8) is 0 Å². The van der Waals surface area contributed by atoms with Gasteiger partial charge >= 0.3 is 0 Å². The molecule has 1 saturated carbocycles. The van der Waals surface area contributed by atoms with Crippen LogP contribution in [0.1, 0.15) is 33.1 Å². The molecule has 1 heterocycles. The van der Waals surface area contributed by atoms with E-state index in [4.69, 9.17) is 5.73 Å². The molecule has 2 rings (SSSR count). The van der Waals surface area contributed by atoms with Crippen molar-refractivity contribution >= 4 is 5.91 Å². The average Bonchev–Trinajstić information content (AvgIpc) is 2.55. The lowest BCUT2D eigenvalue weighted by molar-refractivity contribution is -0.146. The molecule has 1 amide bonds. The van der Waals surface area contributed by atoms with Gasteiger partial charge in [0.1, 0.15) is 6.04 Å². The van der Waals surface area contributed by atoms with E-state index in [1.54, 1.807) is 0 Å². The van der Waals surface area contributed by atoms with Crippen molar-refractivity contribution in [2.75, 3.05) is 6.54 Å². The Morgan fingerprint density at radius 3 is 2.64 bits per heavy atom. The summed E-state index contributed by atoms with van der Waals surface area (Å²) in [6.45, 7) is 5.31. The molecule has 4 unspecified atom stereocenters. The van der Waals surface area contributed by atoms with E-state index in [1.807, 2.05) is 4.90 Å². The minimum Gasteiger partial charge on any atom is -0.336 e. The Morgan fingerprint density at radius 2 is 2.21 bits per heavy atom. The third-order valence-electron chi connectivity index (χ3n) is 4.10. The zero-order valence-corrected chi connectivity index (χ0v) is 9.07. The molecule has 1 saturated heterocycles. The van der Waals surface area contributed by atoms with E-state index in [9.17, 15) is 4.79 Å². The van der Waals surface area contributed by atoms with Gasteiger partial charge in [0.15, 0.2) is 0 Å². The standard InChI is InChI=1S/C11H20N2O/c1-3-8-4-5-10(7(8)2)13-6-9(12)11(13)14/h7-10H,3-6,12H2,1-2H3. The van der Waals surface area contributed by atoms with E-state index in [0.717, 1.165) is 12.5 Å². The van der Waals surface area contributed by atoms with Crippen LogP contribution in [0.2, 0.25) is 0 Å². The van der Waals surface area contributed by atoms with E-state index in [1.165, 1.54) is 19.3 Å². The molecule has 2 fully saturated rings. The van der Waals surface area contributed by atoms with Gasteiger partial charge in [-0.2, -0.15) is 0 Å². The van der Waals surface area contributed by atoms with Crippen molar-refractivity contribution in [1.82, 2.24) is 4.90 Å². The minimum atomic E-state index is -0.206. The number of rotatable bonds is 2. The molecule has 0 aromatic carbocycles. The van der Waals surface area contributed by atoms with Gasteiger partial charge in [0, 0.05) is 12.6 Å². The quantitative estimate of drug-likeness (QED) is 0.669. The molecule has 1 aliphatic heterocycles. The molecule has 80 valence electrons. The lowest BCUT2D eigenvalue weighted by atomic mass is 9.91. The summed E-state index contributed by atoms with van der Waals surface area (Å²) >= 11 is 0. The van der Waals surface area contributed by atoms with Gasteiger partial charge in [-0.15, -0.1) is 0 Å². The van der Waals surface area contributed by atoms with Crippen LogP contribution >= 0.6 is 0 Å². The average molecular weight is 196 g/mol. The molecule has 0 aromatic rings. The third kappa shape index (κ3) is 1.34. The van der Waals surface area contributed by atoms with Gasteiger partial charge in [-0.05, 0) is 24.7 Å². The highest BCUT2D eigenvalue weighted by molar-refractivity contribution is 5.88. The summed E-state index contributed by atoms with van der Waals surface area (Å²) in [5.41, 5.74) is 5.60. The highest BCUT2D eigenvalue weighted by Gasteiger charge is 2.44. The Hall–Kier alpha value is -0.570. The predicted molar refractivity (Wildman–Crippen MR) is 55.7 cm³/mol. The van der Waals surface area contributed by atoms with Gasteiger partial charge in [-0.1, -0.05) is 20.3 Å². The fourth-order valence-corrected chi connectivity index (χ4v) is 3.02. The fraction of sp³-hybridized carbons (Fsp3) is 0.909. The Morgan fingerprint density at radius 1 is 1.50 bits per heavy atom. The number of likely N-dealkylation sites (tertiary alicyclic amines) is 1. The summed E-state index contributed by atoms with van der Waals surface area (Å²) in [7, 11) is 0. The first kappa shape index (κ1) is 9.97. The van der Waals surface area contributed by atoms with Crippen molar-refractivity contribution in [3.8, 4) is 0 Å². The summed E-state index contributed by atoms with van der Waals surface area (Å²) in [6.07, 6.45) is 3.70. The van der Waals surface area contributed by atoms with Crippen molar-refractivity contribution in [2.45, 2.75) is 45.2 Å². The molecule has 14 heavy (non-hydrogen) atoms. The first-order valence-electron chi connectivity index (χ1n) is 5.71. The first-order chi connectivity index (χ1) is 6.65.